The number of nitrogens with one attached hydrogen (secondary N) is 1. The maximum atomic E-state index is 13.3. The van der Waals surface area contributed by atoms with E-state index in [9.17, 15) is 14.4 Å². The van der Waals surface area contributed by atoms with Crippen LogP contribution in [0.25, 0.3) is 12.2 Å². The van der Waals surface area contributed by atoms with Crippen molar-refractivity contribution < 1.29 is 19.1 Å². The highest BCUT2D eigenvalue weighted by atomic mass is 16.5. The maximum absolute atomic E-state index is 13.3. The zero-order valence-corrected chi connectivity index (χ0v) is 25.4. The van der Waals surface area contributed by atoms with Crippen LogP contribution in [0.15, 0.2) is 48.5 Å². The SMILES string of the molecule is CC(C)OC[C@@H]1CCCN1C(=O)CCCCCNC(=O)CCCCC(=O)N1Cc2ccccc2/C=C\c2ccccc21. The Morgan fingerprint density at radius 1 is 0.857 bits per heavy atom. The molecule has 0 radical (unpaired) electrons. The lowest BCUT2D eigenvalue weighted by Gasteiger charge is -2.27. The van der Waals surface area contributed by atoms with E-state index in [1.807, 2.05) is 60.0 Å². The van der Waals surface area contributed by atoms with E-state index in [0.717, 1.165) is 61.0 Å². The molecular formula is C35H47N3O4. The van der Waals surface area contributed by atoms with Gasteiger partial charge in [0.05, 0.1) is 31.0 Å². The smallest absolute Gasteiger partial charge is 0.227 e. The molecule has 4 rings (SSSR count). The Morgan fingerprint density at radius 3 is 2.38 bits per heavy atom. The van der Waals surface area contributed by atoms with Gasteiger partial charge < -0.3 is 19.9 Å². The second-order valence-corrected chi connectivity index (χ2v) is 11.7. The summed E-state index contributed by atoms with van der Waals surface area (Å²) in [5.74, 6) is 0.331. The van der Waals surface area contributed by atoms with Crippen molar-refractivity contribution >= 4 is 35.6 Å². The van der Waals surface area contributed by atoms with Gasteiger partial charge in [0.25, 0.3) is 0 Å². The van der Waals surface area contributed by atoms with Gasteiger partial charge in [0.2, 0.25) is 17.7 Å². The number of unbranched alkanes of at least 4 members (excludes halogenated alkanes) is 3. The van der Waals surface area contributed by atoms with Crippen LogP contribution in [-0.2, 0) is 25.7 Å². The molecule has 0 saturated carbocycles. The summed E-state index contributed by atoms with van der Waals surface area (Å²) in [5.41, 5.74) is 4.20. The van der Waals surface area contributed by atoms with Crippen molar-refractivity contribution in [3.05, 3.63) is 65.2 Å². The standard InChI is InChI=1S/C35H47N3O4/c1-27(2)42-26-31-16-12-24-37(31)34(40)19-4-3-11-23-36-33(39)18-9-10-20-35(41)38-25-30-15-6-5-13-28(30)21-22-29-14-7-8-17-32(29)38/h5-8,13-15,17,21-22,27,31H,3-4,9-12,16,18-20,23-26H2,1-2H3,(H,36,39)/b22-21-/t31-/m0/s1. The van der Waals surface area contributed by atoms with Crippen molar-refractivity contribution in [2.75, 3.05) is 24.6 Å². The largest absolute Gasteiger partial charge is 0.377 e. The number of para-hydroxylation sites is 1. The number of anilines is 1. The Balaban J connectivity index is 1.11. The van der Waals surface area contributed by atoms with Crippen LogP contribution in [0.4, 0.5) is 5.69 Å². The van der Waals surface area contributed by atoms with E-state index in [0.29, 0.717) is 51.8 Å². The van der Waals surface area contributed by atoms with Crippen molar-refractivity contribution in [1.29, 1.82) is 0 Å². The molecule has 2 aromatic rings. The van der Waals surface area contributed by atoms with Crippen LogP contribution < -0.4 is 10.2 Å². The first-order chi connectivity index (χ1) is 20.4. The van der Waals surface area contributed by atoms with Gasteiger partial charge in [-0.15, -0.1) is 0 Å². The molecule has 1 N–H and O–H groups in total. The fraction of sp³-hybridized carbons (Fsp3) is 0.514. The van der Waals surface area contributed by atoms with E-state index in [1.165, 1.54) is 0 Å². The first kappa shape index (κ1) is 31.5. The third kappa shape index (κ3) is 9.28. The number of rotatable bonds is 14. The quantitative estimate of drug-likeness (QED) is 0.267. The Kier molecular flexibility index (Phi) is 12.2. The molecule has 2 aromatic carbocycles. The minimum Gasteiger partial charge on any atom is -0.377 e. The minimum absolute atomic E-state index is 0.0271. The van der Waals surface area contributed by atoms with Crippen molar-refractivity contribution in [1.82, 2.24) is 10.2 Å². The second kappa shape index (κ2) is 16.3. The molecule has 7 heteroatoms. The van der Waals surface area contributed by atoms with Gasteiger partial charge in [-0.3, -0.25) is 14.4 Å². The number of nitrogens with zero attached hydrogens (tertiary/aromatic N) is 2. The summed E-state index contributed by atoms with van der Waals surface area (Å²) in [4.78, 5) is 42.2. The fourth-order valence-corrected chi connectivity index (χ4v) is 5.75. The Labute approximate surface area is 251 Å². The molecule has 42 heavy (non-hydrogen) atoms. The molecule has 3 amide bonds. The summed E-state index contributed by atoms with van der Waals surface area (Å²) in [7, 11) is 0. The van der Waals surface area contributed by atoms with E-state index in [1.54, 1.807) is 0 Å². The molecule has 226 valence electrons. The lowest BCUT2D eigenvalue weighted by atomic mass is 10.0. The monoisotopic (exact) mass is 573 g/mol. The molecule has 2 heterocycles. The van der Waals surface area contributed by atoms with Gasteiger partial charge in [0.1, 0.15) is 0 Å². The molecule has 2 aliphatic heterocycles. The van der Waals surface area contributed by atoms with E-state index >= 15 is 0 Å². The third-order valence-corrected chi connectivity index (χ3v) is 8.11. The van der Waals surface area contributed by atoms with Gasteiger partial charge >= 0.3 is 0 Å². The van der Waals surface area contributed by atoms with Gasteiger partial charge in [-0.1, -0.05) is 61.0 Å². The third-order valence-electron chi connectivity index (χ3n) is 8.11. The summed E-state index contributed by atoms with van der Waals surface area (Å²) < 4.78 is 5.74. The number of amides is 3. The number of hydrogen-bond acceptors (Lipinski definition) is 4. The van der Waals surface area contributed by atoms with Crippen molar-refractivity contribution in [3.63, 3.8) is 0 Å². The van der Waals surface area contributed by atoms with Gasteiger partial charge in [0.15, 0.2) is 0 Å². The van der Waals surface area contributed by atoms with Crippen LogP contribution in [0.3, 0.4) is 0 Å². The van der Waals surface area contributed by atoms with Gasteiger partial charge in [-0.05, 0) is 75.1 Å². The highest BCUT2D eigenvalue weighted by Crippen LogP contribution is 2.29. The summed E-state index contributed by atoms with van der Waals surface area (Å²) in [6, 6.07) is 16.4. The number of carbonyl (C=O) groups is 3. The van der Waals surface area contributed by atoms with Gasteiger partial charge in [-0.2, -0.15) is 0 Å². The fourth-order valence-electron chi connectivity index (χ4n) is 5.75. The molecule has 0 spiro atoms. The second-order valence-electron chi connectivity index (χ2n) is 11.7. The van der Waals surface area contributed by atoms with Crippen molar-refractivity contribution in [2.45, 2.75) is 96.7 Å². The summed E-state index contributed by atoms with van der Waals surface area (Å²) >= 11 is 0. The van der Waals surface area contributed by atoms with Crippen LogP contribution in [-0.4, -0.2) is 54.5 Å². The van der Waals surface area contributed by atoms with Crippen LogP contribution in [0.5, 0.6) is 0 Å². The summed E-state index contributed by atoms with van der Waals surface area (Å²) in [5, 5.41) is 3.00. The predicted molar refractivity (Wildman–Crippen MR) is 169 cm³/mol. The molecule has 2 aliphatic rings. The Morgan fingerprint density at radius 2 is 1.55 bits per heavy atom. The molecular weight excluding hydrogens is 526 g/mol. The number of ether oxygens (including phenoxy) is 1. The number of benzene rings is 2. The van der Waals surface area contributed by atoms with E-state index < -0.39 is 0 Å². The Bertz CT molecular complexity index is 1220. The highest BCUT2D eigenvalue weighted by Gasteiger charge is 2.28. The van der Waals surface area contributed by atoms with E-state index in [4.69, 9.17) is 4.74 Å². The highest BCUT2D eigenvalue weighted by molar-refractivity contribution is 5.97. The van der Waals surface area contributed by atoms with Crippen molar-refractivity contribution in [2.24, 2.45) is 0 Å². The molecule has 1 saturated heterocycles. The average Bonchev–Trinajstić information content (AvgIpc) is 3.46. The average molecular weight is 574 g/mol. The number of carbonyl (C=O) groups excluding carboxylic acids is 3. The molecule has 0 aromatic heterocycles. The molecule has 1 fully saturated rings. The van der Waals surface area contributed by atoms with Crippen molar-refractivity contribution in [3.8, 4) is 0 Å². The molecule has 0 bridgehead atoms. The first-order valence-corrected chi connectivity index (χ1v) is 15.8. The lowest BCUT2D eigenvalue weighted by molar-refractivity contribution is -0.133. The minimum atomic E-state index is 0.0271. The summed E-state index contributed by atoms with van der Waals surface area (Å²) in [6.07, 6.45) is 11.8. The zero-order chi connectivity index (χ0) is 29.7. The lowest BCUT2D eigenvalue weighted by Crippen LogP contribution is -2.38. The first-order valence-electron chi connectivity index (χ1n) is 15.8. The molecule has 7 nitrogen and oxygen atoms in total. The topological polar surface area (TPSA) is 79.0 Å². The predicted octanol–water partition coefficient (Wildman–Crippen LogP) is 6.36. The van der Waals surface area contributed by atoms with E-state index in [2.05, 4.69) is 29.6 Å². The zero-order valence-electron chi connectivity index (χ0n) is 25.4. The number of fused-ring (bicyclic) bond motifs is 2. The van der Waals surface area contributed by atoms with Crippen LogP contribution in [0, 0.1) is 0 Å². The molecule has 0 aliphatic carbocycles. The molecule has 0 unspecified atom stereocenters. The van der Waals surface area contributed by atoms with Crippen LogP contribution in [0.1, 0.15) is 94.7 Å². The molecule has 1 atom stereocenters. The van der Waals surface area contributed by atoms with E-state index in [-0.39, 0.29) is 29.9 Å². The van der Waals surface area contributed by atoms with Gasteiger partial charge in [-0.25, -0.2) is 0 Å². The maximum Gasteiger partial charge on any atom is 0.227 e. The van der Waals surface area contributed by atoms with Crippen LogP contribution in [0.2, 0.25) is 0 Å². The number of hydrogen-bond donors (Lipinski definition) is 1. The van der Waals surface area contributed by atoms with Crippen LogP contribution >= 0.6 is 0 Å². The Hall–Kier alpha value is -3.45. The normalized spacial score (nSPS) is 16.9. The summed E-state index contributed by atoms with van der Waals surface area (Å²) in [6.45, 7) is 6.67. The number of likely N-dealkylation sites (tertiary alicyclic amines) is 1. The van der Waals surface area contributed by atoms with Gasteiger partial charge in [0, 0.05) is 32.4 Å².